The summed E-state index contributed by atoms with van der Waals surface area (Å²) in [7, 11) is -3.76. The van der Waals surface area contributed by atoms with Crippen LogP contribution in [0.4, 0.5) is 5.69 Å². The number of hydrogen-bond donors (Lipinski definition) is 1. The van der Waals surface area contributed by atoms with Crippen LogP contribution in [-0.2, 0) is 14.8 Å². The highest BCUT2D eigenvalue weighted by molar-refractivity contribution is 7.89. The topological polar surface area (TPSA) is 103 Å². The highest BCUT2D eigenvalue weighted by atomic mass is 32.2. The molecule has 2 saturated heterocycles. The molecule has 10 heteroatoms. The lowest BCUT2D eigenvalue weighted by Gasteiger charge is -2.39. The van der Waals surface area contributed by atoms with E-state index in [1.165, 1.54) is 16.1 Å². The van der Waals surface area contributed by atoms with Gasteiger partial charge in [-0.05, 0) is 50.1 Å². The SMILES string of the molecule is Cc1cc(-c2ccc(S(=O)(=O)N3CCC(C(=O)N4CCN(c5ccccc5)CC4)CC3)o2)n[nH]1. The fourth-order valence-corrected chi connectivity index (χ4v) is 6.07. The lowest BCUT2D eigenvalue weighted by molar-refractivity contribution is -0.137. The number of aromatic amines is 1. The van der Waals surface area contributed by atoms with Gasteiger partial charge in [-0.2, -0.15) is 9.40 Å². The summed E-state index contributed by atoms with van der Waals surface area (Å²) in [6.07, 6.45) is 1.03. The molecule has 180 valence electrons. The number of amides is 1. The van der Waals surface area contributed by atoms with Crippen molar-refractivity contribution in [1.82, 2.24) is 19.4 Å². The number of aryl methyl sites for hydroxylation is 1. The van der Waals surface area contributed by atoms with Crippen LogP contribution in [0.15, 0.2) is 58.0 Å². The van der Waals surface area contributed by atoms with Crippen molar-refractivity contribution < 1.29 is 17.6 Å². The molecule has 34 heavy (non-hydrogen) atoms. The summed E-state index contributed by atoms with van der Waals surface area (Å²) >= 11 is 0. The molecule has 0 unspecified atom stereocenters. The van der Waals surface area contributed by atoms with Crippen LogP contribution in [0.25, 0.3) is 11.5 Å². The number of carbonyl (C=O) groups is 1. The first-order chi connectivity index (χ1) is 16.4. The molecule has 0 aliphatic carbocycles. The molecule has 2 aromatic heterocycles. The fourth-order valence-electron chi connectivity index (χ4n) is 4.69. The number of piperidine rings is 1. The molecule has 1 aromatic carbocycles. The molecule has 0 spiro atoms. The zero-order valence-electron chi connectivity index (χ0n) is 19.2. The number of piperazine rings is 1. The summed E-state index contributed by atoms with van der Waals surface area (Å²) < 4.78 is 33.2. The number of carbonyl (C=O) groups excluding carboxylic acids is 1. The Morgan fingerprint density at radius 2 is 1.71 bits per heavy atom. The van der Waals surface area contributed by atoms with E-state index in [2.05, 4.69) is 27.2 Å². The Balaban J connectivity index is 1.16. The third kappa shape index (κ3) is 4.47. The van der Waals surface area contributed by atoms with Gasteiger partial charge in [0.1, 0.15) is 5.69 Å². The number of rotatable bonds is 5. The van der Waals surface area contributed by atoms with E-state index < -0.39 is 10.0 Å². The normalized spacial score (nSPS) is 18.4. The van der Waals surface area contributed by atoms with Crippen LogP contribution < -0.4 is 4.90 Å². The summed E-state index contributed by atoms with van der Waals surface area (Å²) in [4.78, 5) is 17.3. The van der Waals surface area contributed by atoms with Crippen LogP contribution in [0.1, 0.15) is 18.5 Å². The number of benzene rings is 1. The lowest BCUT2D eigenvalue weighted by Crippen LogP contribution is -2.52. The second-order valence-electron chi connectivity index (χ2n) is 8.88. The Morgan fingerprint density at radius 3 is 2.35 bits per heavy atom. The number of aromatic nitrogens is 2. The van der Waals surface area contributed by atoms with E-state index >= 15 is 0 Å². The standard InChI is InChI=1S/C24H29N5O4S/c1-18-17-21(26-25-18)22-7-8-23(33-22)34(31,32)29-11-9-19(10-12-29)24(30)28-15-13-27(14-16-28)20-5-3-2-4-6-20/h2-8,17,19H,9-16H2,1H3,(H,25,26). The molecule has 1 N–H and O–H groups in total. The number of hydrogen-bond acceptors (Lipinski definition) is 6. The Kier molecular flexibility index (Phi) is 6.18. The minimum atomic E-state index is -3.76. The number of nitrogens with zero attached hydrogens (tertiary/aromatic N) is 4. The van der Waals surface area contributed by atoms with E-state index in [4.69, 9.17) is 4.42 Å². The van der Waals surface area contributed by atoms with Gasteiger partial charge >= 0.3 is 0 Å². The second-order valence-corrected chi connectivity index (χ2v) is 10.8. The van der Waals surface area contributed by atoms with Gasteiger partial charge in [-0.25, -0.2) is 8.42 Å². The van der Waals surface area contributed by atoms with Gasteiger partial charge in [0.25, 0.3) is 10.0 Å². The van der Waals surface area contributed by atoms with E-state index in [0.717, 1.165) is 18.8 Å². The zero-order valence-corrected chi connectivity index (χ0v) is 20.0. The summed E-state index contributed by atoms with van der Waals surface area (Å²) in [6, 6.07) is 15.1. The molecule has 3 aromatic rings. The highest BCUT2D eigenvalue weighted by Crippen LogP contribution is 2.29. The average Bonchev–Trinajstić information content (AvgIpc) is 3.54. The maximum atomic E-state index is 13.1. The molecule has 9 nitrogen and oxygen atoms in total. The first-order valence-corrected chi connectivity index (χ1v) is 13.1. The predicted molar refractivity (Wildman–Crippen MR) is 128 cm³/mol. The van der Waals surface area contributed by atoms with Crippen LogP contribution in [0.5, 0.6) is 0 Å². The fraction of sp³-hybridized carbons (Fsp3) is 0.417. The van der Waals surface area contributed by atoms with Crippen LogP contribution in [0.2, 0.25) is 0 Å². The van der Waals surface area contributed by atoms with E-state index in [1.807, 2.05) is 30.0 Å². The summed E-state index contributed by atoms with van der Waals surface area (Å²) in [5.74, 6) is 0.399. The first kappa shape index (κ1) is 22.7. The second kappa shape index (κ2) is 9.27. The summed E-state index contributed by atoms with van der Waals surface area (Å²) in [5, 5.41) is 6.85. The van der Waals surface area contributed by atoms with Crippen molar-refractivity contribution in [2.75, 3.05) is 44.2 Å². The van der Waals surface area contributed by atoms with Gasteiger partial charge in [0.2, 0.25) is 11.0 Å². The third-order valence-electron chi connectivity index (χ3n) is 6.65. The van der Waals surface area contributed by atoms with Crippen molar-refractivity contribution in [3.05, 3.63) is 54.2 Å². The third-order valence-corrected chi connectivity index (χ3v) is 8.42. The van der Waals surface area contributed by atoms with Crippen molar-refractivity contribution in [2.24, 2.45) is 5.92 Å². The average molecular weight is 484 g/mol. The molecule has 0 saturated carbocycles. The van der Waals surface area contributed by atoms with Gasteiger partial charge in [0, 0.05) is 56.6 Å². The van der Waals surface area contributed by atoms with Crippen molar-refractivity contribution in [3.63, 3.8) is 0 Å². The van der Waals surface area contributed by atoms with Gasteiger partial charge in [0.05, 0.1) is 0 Å². The largest absolute Gasteiger partial charge is 0.442 e. The van der Waals surface area contributed by atoms with Gasteiger partial charge < -0.3 is 14.2 Å². The van der Waals surface area contributed by atoms with E-state index in [1.54, 1.807) is 12.1 Å². The van der Waals surface area contributed by atoms with Crippen LogP contribution in [0.3, 0.4) is 0 Å². The molecular weight excluding hydrogens is 454 g/mol. The van der Waals surface area contributed by atoms with E-state index in [0.29, 0.717) is 50.5 Å². The number of para-hydroxylation sites is 1. The minimum Gasteiger partial charge on any atom is -0.442 e. The Hall–Kier alpha value is -3.11. The maximum absolute atomic E-state index is 13.1. The molecular formula is C24H29N5O4S. The van der Waals surface area contributed by atoms with Gasteiger partial charge in [-0.3, -0.25) is 9.89 Å². The molecule has 4 heterocycles. The maximum Gasteiger partial charge on any atom is 0.276 e. The Morgan fingerprint density at radius 1 is 1.00 bits per heavy atom. The number of sulfonamides is 1. The van der Waals surface area contributed by atoms with Crippen molar-refractivity contribution in [3.8, 4) is 11.5 Å². The Labute approximate surface area is 199 Å². The van der Waals surface area contributed by atoms with Crippen molar-refractivity contribution >= 4 is 21.6 Å². The smallest absolute Gasteiger partial charge is 0.276 e. The van der Waals surface area contributed by atoms with Crippen molar-refractivity contribution in [2.45, 2.75) is 24.9 Å². The van der Waals surface area contributed by atoms with Crippen LogP contribution in [-0.4, -0.2) is 73.0 Å². The molecule has 0 radical (unpaired) electrons. The van der Waals surface area contributed by atoms with Gasteiger partial charge in [-0.1, -0.05) is 18.2 Å². The van der Waals surface area contributed by atoms with E-state index in [-0.39, 0.29) is 16.9 Å². The Bertz CT molecular complexity index is 1240. The number of H-pyrrole nitrogens is 1. The quantitative estimate of drug-likeness (QED) is 0.599. The van der Waals surface area contributed by atoms with Crippen molar-refractivity contribution in [1.29, 1.82) is 0 Å². The number of nitrogens with one attached hydrogen (secondary N) is 1. The number of anilines is 1. The van der Waals surface area contributed by atoms with E-state index in [9.17, 15) is 13.2 Å². The lowest BCUT2D eigenvalue weighted by atomic mass is 9.96. The monoisotopic (exact) mass is 483 g/mol. The van der Waals surface area contributed by atoms with Crippen LogP contribution >= 0.6 is 0 Å². The van der Waals surface area contributed by atoms with Gasteiger partial charge in [0.15, 0.2) is 5.76 Å². The van der Waals surface area contributed by atoms with Crippen LogP contribution in [0, 0.1) is 12.8 Å². The molecule has 1 amide bonds. The number of furan rings is 1. The summed E-state index contributed by atoms with van der Waals surface area (Å²) in [6.45, 7) is 5.47. The molecule has 5 rings (SSSR count). The minimum absolute atomic E-state index is 0.0926. The highest BCUT2D eigenvalue weighted by Gasteiger charge is 2.36. The molecule has 2 aliphatic rings. The van der Waals surface area contributed by atoms with Gasteiger partial charge in [-0.15, -0.1) is 0 Å². The molecule has 0 bridgehead atoms. The molecule has 2 aliphatic heterocycles. The summed E-state index contributed by atoms with van der Waals surface area (Å²) in [5.41, 5.74) is 2.61. The first-order valence-electron chi connectivity index (χ1n) is 11.6. The molecule has 2 fully saturated rings. The predicted octanol–water partition coefficient (Wildman–Crippen LogP) is 2.73. The zero-order chi connectivity index (χ0) is 23.7. The molecule has 0 atom stereocenters.